The number of aromatic amines is 1. The number of nitrogens with zero attached hydrogens (tertiary/aromatic N) is 2. The van der Waals surface area contributed by atoms with Gasteiger partial charge in [-0.1, -0.05) is 16.5 Å². The Hall–Kier alpha value is -2.78. The van der Waals surface area contributed by atoms with Crippen LogP contribution in [0.25, 0.3) is 0 Å². The molecule has 1 aliphatic heterocycles. The molecule has 13 nitrogen and oxygen atoms in total. The largest absolute Gasteiger partial charge is 0.467 e. The highest BCUT2D eigenvalue weighted by Gasteiger charge is 2.58. The van der Waals surface area contributed by atoms with E-state index in [9.17, 15) is 27.6 Å². The zero-order valence-electron chi connectivity index (χ0n) is 13.2. The highest BCUT2D eigenvalue weighted by molar-refractivity contribution is 7.84. The van der Waals surface area contributed by atoms with Crippen LogP contribution in [0.2, 0.25) is 0 Å². The third kappa shape index (κ3) is 3.58. The fourth-order valence-electron chi connectivity index (χ4n) is 2.12. The van der Waals surface area contributed by atoms with Crippen LogP contribution in [0.5, 0.6) is 0 Å². The molecule has 0 bridgehead atoms. The minimum atomic E-state index is -5.04. The standard InChI is InChI=1S/C11H12N4O9S2/c1-23-10(18)7-6(9(17)15(7)26(20,21)22)13-8(16)5(14-24-2)4-3-25-11(19)12-4/h3,6-7H,1-2H3,(H,12,19)(H,13,16)(H,20,21,22). The van der Waals surface area contributed by atoms with Gasteiger partial charge < -0.3 is 19.9 Å². The molecule has 0 saturated carbocycles. The summed E-state index contributed by atoms with van der Waals surface area (Å²) in [6, 6.07) is -3.43. The van der Waals surface area contributed by atoms with Crippen molar-refractivity contribution >= 4 is 45.1 Å². The van der Waals surface area contributed by atoms with Gasteiger partial charge in [-0.15, -0.1) is 0 Å². The summed E-state index contributed by atoms with van der Waals surface area (Å²) in [6.07, 6.45) is 0. The third-order valence-electron chi connectivity index (χ3n) is 3.20. The molecule has 1 aliphatic rings. The van der Waals surface area contributed by atoms with Crippen molar-refractivity contribution in [1.82, 2.24) is 14.6 Å². The predicted molar refractivity (Wildman–Crippen MR) is 84.6 cm³/mol. The van der Waals surface area contributed by atoms with Crippen molar-refractivity contribution in [2.24, 2.45) is 5.16 Å². The number of thiazole rings is 1. The van der Waals surface area contributed by atoms with Crippen LogP contribution >= 0.6 is 11.3 Å². The van der Waals surface area contributed by atoms with Gasteiger partial charge in [-0.05, 0) is 0 Å². The van der Waals surface area contributed by atoms with E-state index in [2.05, 4.69) is 25.0 Å². The van der Waals surface area contributed by atoms with Gasteiger partial charge in [-0.2, -0.15) is 12.7 Å². The fraction of sp³-hybridized carbons (Fsp3) is 0.364. The summed E-state index contributed by atoms with van der Waals surface area (Å²) in [5, 5.41) is 6.79. The molecule has 142 valence electrons. The van der Waals surface area contributed by atoms with Gasteiger partial charge >= 0.3 is 21.1 Å². The van der Waals surface area contributed by atoms with Gasteiger partial charge in [-0.25, -0.2) is 4.79 Å². The maximum absolute atomic E-state index is 12.3. The molecule has 15 heteroatoms. The summed E-state index contributed by atoms with van der Waals surface area (Å²) >= 11 is 0.739. The lowest BCUT2D eigenvalue weighted by atomic mass is 9.98. The average Bonchev–Trinajstić information content (AvgIpc) is 2.98. The van der Waals surface area contributed by atoms with Crippen molar-refractivity contribution in [3.63, 3.8) is 0 Å². The first kappa shape index (κ1) is 19.5. The molecule has 1 fully saturated rings. The van der Waals surface area contributed by atoms with E-state index in [-0.39, 0.29) is 10.00 Å². The number of nitrogens with one attached hydrogen (secondary N) is 2. The normalized spacial score (nSPS) is 20.3. The minimum absolute atomic E-state index is 0.0209. The van der Waals surface area contributed by atoms with E-state index in [1.54, 1.807) is 0 Å². The molecule has 0 radical (unpaired) electrons. The van der Waals surface area contributed by atoms with Crippen molar-refractivity contribution in [2.45, 2.75) is 12.1 Å². The van der Waals surface area contributed by atoms with Gasteiger partial charge in [0.2, 0.25) is 0 Å². The summed E-state index contributed by atoms with van der Waals surface area (Å²) in [7, 11) is -2.98. The highest BCUT2D eigenvalue weighted by Crippen LogP contribution is 2.24. The Bertz CT molecular complexity index is 931. The van der Waals surface area contributed by atoms with Crippen LogP contribution < -0.4 is 10.2 Å². The third-order valence-corrected chi connectivity index (χ3v) is 4.78. The van der Waals surface area contributed by atoms with Crippen molar-refractivity contribution in [3.8, 4) is 0 Å². The monoisotopic (exact) mass is 408 g/mol. The molecule has 1 aromatic heterocycles. The number of hydrogen-bond acceptors (Lipinski definition) is 10. The smallest absolute Gasteiger partial charge is 0.363 e. The Morgan fingerprint density at radius 2 is 2.04 bits per heavy atom. The van der Waals surface area contributed by atoms with Crippen molar-refractivity contribution in [1.29, 1.82) is 0 Å². The van der Waals surface area contributed by atoms with Gasteiger partial charge in [-0.3, -0.25) is 18.9 Å². The number of rotatable bonds is 6. The van der Waals surface area contributed by atoms with Crippen LogP contribution in [0.1, 0.15) is 5.69 Å². The number of ether oxygens (including phenoxy) is 1. The van der Waals surface area contributed by atoms with Gasteiger partial charge in [0.1, 0.15) is 13.2 Å². The summed E-state index contributed by atoms with van der Waals surface area (Å²) < 4.78 is 35.7. The van der Waals surface area contributed by atoms with Crippen LogP contribution in [0.3, 0.4) is 0 Å². The Labute approximate surface area is 149 Å². The number of oxime groups is 1. The maximum Gasteiger partial charge on any atom is 0.363 e. The van der Waals surface area contributed by atoms with Gasteiger partial charge in [0.15, 0.2) is 11.8 Å². The number of carbonyl (C=O) groups excluding carboxylic acids is 3. The molecule has 2 amide bonds. The number of methoxy groups -OCH3 is 1. The Kier molecular flexibility index (Phi) is 5.43. The molecule has 0 aliphatic carbocycles. The SMILES string of the molecule is CON=C(C(=O)NC1C(=O)N(S(=O)(=O)O)C1C(=O)OC)c1csc(=O)[nH]1. The molecule has 2 rings (SSSR count). The number of esters is 1. The second-order valence-corrected chi connectivity index (χ2v) is 6.85. The molecule has 2 atom stereocenters. The zero-order valence-corrected chi connectivity index (χ0v) is 14.8. The Morgan fingerprint density at radius 3 is 2.50 bits per heavy atom. The van der Waals surface area contributed by atoms with Crippen molar-refractivity contribution in [2.75, 3.05) is 14.2 Å². The second kappa shape index (κ2) is 7.22. The molecular formula is C11H12N4O9S2. The van der Waals surface area contributed by atoms with Gasteiger partial charge in [0.05, 0.1) is 12.8 Å². The lowest BCUT2D eigenvalue weighted by Gasteiger charge is -2.41. The molecule has 0 aromatic carbocycles. The number of hydrogen-bond donors (Lipinski definition) is 3. The molecule has 26 heavy (non-hydrogen) atoms. The first-order valence-electron chi connectivity index (χ1n) is 6.60. The van der Waals surface area contributed by atoms with Crippen molar-refractivity contribution < 1.29 is 36.9 Å². The predicted octanol–water partition coefficient (Wildman–Crippen LogP) is -2.54. The van der Waals surface area contributed by atoms with Crippen LogP contribution in [0.4, 0.5) is 0 Å². The van der Waals surface area contributed by atoms with E-state index in [1.165, 1.54) is 5.38 Å². The minimum Gasteiger partial charge on any atom is -0.467 e. The summed E-state index contributed by atoms with van der Waals surface area (Å²) in [5.74, 6) is -3.48. The van der Waals surface area contributed by atoms with E-state index < -0.39 is 50.8 Å². The molecule has 2 unspecified atom stereocenters. The number of amides is 2. The zero-order chi connectivity index (χ0) is 19.6. The van der Waals surface area contributed by atoms with Gasteiger partial charge in [0, 0.05) is 5.38 Å². The van der Waals surface area contributed by atoms with E-state index >= 15 is 0 Å². The van der Waals surface area contributed by atoms with Crippen LogP contribution in [-0.4, -0.2) is 72.1 Å². The molecule has 2 heterocycles. The molecule has 0 spiro atoms. The maximum atomic E-state index is 12.3. The Balaban J connectivity index is 2.29. The first-order chi connectivity index (χ1) is 12.1. The van der Waals surface area contributed by atoms with Crippen LogP contribution in [0.15, 0.2) is 15.3 Å². The summed E-state index contributed by atoms with van der Waals surface area (Å²) in [4.78, 5) is 53.5. The number of H-pyrrole nitrogens is 1. The van der Waals surface area contributed by atoms with E-state index in [4.69, 9.17) is 4.55 Å². The second-order valence-electron chi connectivity index (χ2n) is 4.72. The first-order valence-corrected chi connectivity index (χ1v) is 8.88. The topological polar surface area (TPSA) is 185 Å². The summed E-state index contributed by atoms with van der Waals surface area (Å²) in [5.41, 5.74) is -0.444. The number of β-lactam (4-membered cyclic amide) rings is 1. The lowest BCUT2D eigenvalue weighted by Crippen LogP contribution is -2.74. The number of carbonyl (C=O) groups is 3. The average molecular weight is 408 g/mol. The molecule has 1 aromatic rings. The van der Waals surface area contributed by atoms with E-state index in [1.807, 2.05) is 0 Å². The van der Waals surface area contributed by atoms with E-state index in [0.29, 0.717) is 0 Å². The Morgan fingerprint density at radius 1 is 1.38 bits per heavy atom. The quantitative estimate of drug-likeness (QED) is 0.150. The van der Waals surface area contributed by atoms with Crippen LogP contribution in [-0.2, 0) is 34.3 Å². The van der Waals surface area contributed by atoms with Crippen molar-refractivity contribution in [3.05, 3.63) is 20.7 Å². The van der Waals surface area contributed by atoms with E-state index in [0.717, 1.165) is 25.6 Å². The number of aromatic nitrogens is 1. The lowest BCUT2D eigenvalue weighted by molar-refractivity contribution is -0.162. The summed E-state index contributed by atoms with van der Waals surface area (Å²) in [6.45, 7) is 0. The fourth-order valence-corrected chi connectivity index (χ4v) is 3.52. The van der Waals surface area contributed by atoms with Crippen LogP contribution in [0, 0.1) is 0 Å². The molecular weight excluding hydrogens is 396 g/mol. The molecule has 1 saturated heterocycles. The highest BCUT2D eigenvalue weighted by atomic mass is 32.2. The molecule has 3 N–H and O–H groups in total. The van der Waals surface area contributed by atoms with Gasteiger partial charge in [0.25, 0.3) is 11.8 Å².